The second kappa shape index (κ2) is 5.41. The van der Waals surface area contributed by atoms with Crippen molar-refractivity contribution in [3.05, 3.63) is 11.4 Å². The Hall–Kier alpha value is -0.940. The molecule has 0 aliphatic heterocycles. The second-order valence-electron chi connectivity index (χ2n) is 4.36. The fourth-order valence-electron chi connectivity index (χ4n) is 1.85. The quantitative estimate of drug-likeness (QED) is 0.696. The lowest BCUT2D eigenvalue weighted by Crippen LogP contribution is -2.09. The zero-order valence-electron chi connectivity index (χ0n) is 9.72. The summed E-state index contributed by atoms with van der Waals surface area (Å²) >= 11 is 0. The SMILES string of the molecule is COCCCn1nnc(CO)c1CC1CC1. The number of aliphatic hydroxyl groups excluding tert-OH is 1. The van der Waals surface area contributed by atoms with Crippen LogP contribution >= 0.6 is 0 Å². The molecule has 0 spiro atoms. The lowest BCUT2D eigenvalue weighted by Gasteiger charge is -2.06. The highest BCUT2D eigenvalue weighted by molar-refractivity contribution is 5.11. The number of aromatic nitrogens is 3. The van der Waals surface area contributed by atoms with Crippen LogP contribution in [0, 0.1) is 5.92 Å². The van der Waals surface area contributed by atoms with Gasteiger partial charge in [0.05, 0.1) is 12.3 Å². The average Bonchev–Trinajstić information content (AvgIpc) is 3.02. The number of hydrogen-bond acceptors (Lipinski definition) is 4. The van der Waals surface area contributed by atoms with Crippen molar-refractivity contribution in [1.29, 1.82) is 0 Å². The molecule has 0 aromatic carbocycles. The van der Waals surface area contributed by atoms with Crippen LogP contribution in [0.5, 0.6) is 0 Å². The van der Waals surface area contributed by atoms with Crippen molar-refractivity contribution in [2.24, 2.45) is 5.92 Å². The standard InChI is InChI=1S/C11H19N3O2/c1-16-6-2-5-14-11(7-9-3-4-9)10(8-15)12-13-14/h9,15H,2-8H2,1H3. The number of methoxy groups -OCH3 is 1. The fourth-order valence-corrected chi connectivity index (χ4v) is 1.85. The van der Waals surface area contributed by atoms with Gasteiger partial charge in [0.25, 0.3) is 0 Å². The van der Waals surface area contributed by atoms with Crippen LogP contribution in [0.4, 0.5) is 0 Å². The monoisotopic (exact) mass is 225 g/mol. The van der Waals surface area contributed by atoms with Gasteiger partial charge in [-0.3, -0.25) is 0 Å². The third-order valence-electron chi connectivity index (χ3n) is 2.97. The number of ether oxygens (including phenoxy) is 1. The molecule has 1 heterocycles. The molecule has 5 nitrogen and oxygen atoms in total. The largest absolute Gasteiger partial charge is 0.390 e. The van der Waals surface area contributed by atoms with Crippen molar-refractivity contribution in [3.63, 3.8) is 0 Å². The van der Waals surface area contributed by atoms with Crippen LogP contribution in [-0.2, 0) is 24.3 Å². The van der Waals surface area contributed by atoms with E-state index >= 15 is 0 Å². The van der Waals surface area contributed by atoms with Gasteiger partial charge in [0.15, 0.2) is 0 Å². The van der Waals surface area contributed by atoms with Gasteiger partial charge in [0.1, 0.15) is 5.69 Å². The van der Waals surface area contributed by atoms with Gasteiger partial charge < -0.3 is 9.84 Å². The fraction of sp³-hybridized carbons (Fsp3) is 0.818. The second-order valence-corrected chi connectivity index (χ2v) is 4.36. The highest BCUT2D eigenvalue weighted by Gasteiger charge is 2.25. The minimum Gasteiger partial charge on any atom is -0.390 e. The Balaban J connectivity index is 2.00. The third kappa shape index (κ3) is 2.80. The van der Waals surface area contributed by atoms with Crippen LogP contribution in [0.15, 0.2) is 0 Å². The number of nitrogens with zero attached hydrogens (tertiary/aromatic N) is 3. The zero-order valence-corrected chi connectivity index (χ0v) is 9.72. The van der Waals surface area contributed by atoms with E-state index in [1.165, 1.54) is 12.8 Å². The van der Waals surface area contributed by atoms with Gasteiger partial charge in [-0.25, -0.2) is 4.68 Å². The molecule has 0 amide bonds. The van der Waals surface area contributed by atoms with E-state index in [4.69, 9.17) is 4.74 Å². The molecule has 1 N–H and O–H groups in total. The number of rotatable bonds is 7. The summed E-state index contributed by atoms with van der Waals surface area (Å²) in [6.45, 7) is 1.55. The van der Waals surface area contributed by atoms with Crippen LogP contribution in [0.3, 0.4) is 0 Å². The molecule has 1 aliphatic rings. The molecule has 1 saturated carbocycles. The summed E-state index contributed by atoms with van der Waals surface area (Å²) in [5.41, 5.74) is 1.85. The van der Waals surface area contributed by atoms with Gasteiger partial charge in [-0.15, -0.1) is 5.10 Å². The maximum Gasteiger partial charge on any atom is 0.111 e. The lowest BCUT2D eigenvalue weighted by molar-refractivity contribution is 0.188. The Morgan fingerprint density at radius 3 is 2.94 bits per heavy atom. The van der Waals surface area contributed by atoms with Crippen molar-refractivity contribution in [2.45, 2.75) is 38.8 Å². The first-order valence-corrected chi connectivity index (χ1v) is 5.86. The smallest absolute Gasteiger partial charge is 0.111 e. The van der Waals surface area contributed by atoms with Gasteiger partial charge in [0.2, 0.25) is 0 Å². The molecule has 90 valence electrons. The summed E-state index contributed by atoms with van der Waals surface area (Å²) in [4.78, 5) is 0. The molecule has 1 fully saturated rings. The molecular weight excluding hydrogens is 206 g/mol. The highest BCUT2D eigenvalue weighted by atomic mass is 16.5. The molecule has 1 aliphatic carbocycles. The Kier molecular flexibility index (Phi) is 3.90. The highest BCUT2D eigenvalue weighted by Crippen LogP contribution is 2.33. The van der Waals surface area contributed by atoms with Crippen LogP contribution in [0.1, 0.15) is 30.7 Å². The first kappa shape index (κ1) is 11.5. The van der Waals surface area contributed by atoms with E-state index in [1.54, 1.807) is 7.11 Å². The van der Waals surface area contributed by atoms with E-state index in [9.17, 15) is 5.11 Å². The molecule has 2 rings (SSSR count). The first-order chi connectivity index (χ1) is 7.85. The van der Waals surface area contributed by atoms with E-state index in [0.29, 0.717) is 0 Å². The van der Waals surface area contributed by atoms with E-state index in [2.05, 4.69) is 10.3 Å². The minimum absolute atomic E-state index is 0.00761. The summed E-state index contributed by atoms with van der Waals surface area (Å²) < 4.78 is 6.94. The van der Waals surface area contributed by atoms with Crippen molar-refractivity contribution in [3.8, 4) is 0 Å². The summed E-state index contributed by atoms with van der Waals surface area (Å²) in [5.74, 6) is 0.782. The van der Waals surface area contributed by atoms with Gasteiger partial charge in [-0.2, -0.15) is 0 Å². The van der Waals surface area contributed by atoms with E-state index in [1.807, 2.05) is 4.68 Å². The van der Waals surface area contributed by atoms with Gasteiger partial charge in [-0.05, 0) is 31.6 Å². The molecule has 0 unspecified atom stereocenters. The molecule has 0 radical (unpaired) electrons. The summed E-state index contributed by atoms with van der Waals surface area (Å²) in [5, 5.41) is 17.3. The lowest BCUT2D eigenvalue weighted by atomic mass is 10.2. The topological polar surface area (TPSA) is 60.2 Å². The van der Waals surface area contributed by atoms with Gasteiger partial charge >= 0.3 is 0 Å². The Labute approximate surface area is 95.4 Å². The van der Waals surface area contributed by atoms with Crippen molar-refractivity contribution in [1.82, 2.24) is 15.0 Å². The Morgan fingerprint density at radius 1 is 1.50 bits per heavy atom. The Bertz CT molecular complexity index is 334. The molecule has 0 bridgehead atoms. The van der Waals surface area contributed by atoms with Gasteiger partial charge in [-0.1, -0.05) is 5.21 Å². The van der Waals surface area contributed by atoms with Crippen molar-refractivity contribution < 1.29 is 9.84 Å². The molecule has 0 saturated heterocycles. The number of aryl methyl sites for hydroxylation is 1. The minimum atomic E-state index is -0.00761. The normalized spacial score (nSPS) is 15.6. The average molecular weight is 225 g/mol. The van der Waals surface area contributed by atoms with Crippen molar-refractivity contribution >= 4 is 0 Å². The Morgan fingerprint density at radius 2 is 2.31 bits per heavy atom. The first-order valence-electron chi connectivity index (χ1n) is 5.86. The maximum atomic E-state index is 9.20. The van der Waals surface area contributed by atoms with E-state index in [0.717, 1.165) is 43.3 Å². The molecule has 0 atom stereocenters. The maximum absolute atomic E-state index is 9.20. The molecular formula is C11H19N3O2. The van der Waals surface area contributed by atoms with Gasteiger partial charge in [0, 0.05) is 20.3 Å². The summed E-state index contributed by atoms with van der Waals surface area (Å²) in [6.07, 6.45) is 4.54. The number of aliphatic hydroxyl groups is 1. The van der Waals surface area contributed by atoms with Crippen LogP contribution < -0.4 is 0 Å². The molecule has 5 heteroatoms. The van der Waals surface area contributed by atoms with E-state index in [-0.39, 0.29) is 6.61 Å². The number of hydrogen-bond donors (Lipinski definition) is 1. The van der Waals surface area contributed by atoms with Crippen molar-refractivity contribution in [2.75, 3.05) is 13.7 Å². The predicted octanol–water partition coefficient (Wildman–Crippen LogP) is 0.759. The van der Waals surface area contributed by atoms with Crippen LogP contribution in [0.25, 0.3) is 0 Å². The third-order valence-corrected chi connectivity index (χ3v) is 2.97. The molecule has 16 heavy (non-hydrogen) atoms. The summed E-state index contributed by atoms with van der Waals surface area (Å²) in [7, 11) is 1.70. The molecule has 1 aromatic rings. The van der Waals surface area contributed by atoms with Crippen LogP contribution in [-0.4, -0.2) is 33.8 Å². The van der Waals surface area contributed by atoms with E-state index < -0.39 is 0 Å². The van der Waals surface area contributed by atoms with Crippen LogP contribution in [0.2, 0.25) is 0 Å². The zero-order chi connectivity index (χ0) is 11.4. The predicted molar refractivity (Wildman–Crippen MR) is 58.9 cm³/mol. The molecule has 1 aromatic heterocycles. The summed E-state index contributed by atoms with van der Waals surface area (Å²) in [6, 6.07) is 0.